The van der Waals surface area contributed by atoms with Crippen molar-refractivity contribution < 1.29 is 24.3 Å². The van der Waals surface area contributed by atoms with Gasteiger partial charge in [-0.1, -0.05) is 0 Å². The number of rotatable bonds is 0. The summed E-state index contributed by atoms with van der Waals surface area (Å²) in [5, 5.41) is 0. The van der Waals surface area contributed by atoms with Gasteiger partial charge in [-0.15, -0.1) is 0 Å². The Hall–Kier alpha value is 2.33. The Labute approximate surface area is 77.9 Å². The van der Waals surface area contributed by atoms with Crippen LogP contribution in [-0.4, -0.2) is 55.1 Å². The van der Waals surface area contributed by atoms with Crippen LogP contribution in [0.4, 0.5) is 0 Å². The SMILES string of the molecule is [AlH3].[CaH2].[O]=[Nb]. The van der Waals surface area contributed by atoms with Gasteiger partial charge in [0.15, 0.2) is 17.4 Å². The van der Waals surface area contributed by atoms with E-state index in [2.05, 4.69) is 0 Å². The summed E-state index contributed by atoms with van der Waals surface area (Å²) >= 11 is 0.500. The summed E-state index contributed by atoms with van der Waals surface area (Å²) in [5.74, 6) is 0. The van der Waals surface area contributed by atoms with Crippen LogP contribution in [0.1, 0.15) is 0 Å². The third kappa shape index (κ3) is 8.84. The van der Waals surface area contributed by atoms with Gasteiger partial charge in [-0.2, -0.15) is 0 Å². The number of hydrogen-bond donors (Lipinski definition) is 0. The second-order valence-electron chi connectivity index (χ2n) is 0. The van der Waals surface area contributed by atoms with E-state index in [-0.39, 0.29) is 55.1 Å². The Kier molecular flexibility index (Phi) is 74.6. The molecule has 0 saturated carbocycles. The molecule has 0 aliphatic heterocycles. The van der Waals surface area contributed by atoms with Gasteiger partial charge < -0.3 is 0 Å². The third-order valence-corrected chi connectivity index (χ3v) is 0. The van der Waals surface area contributed by atoms with Crippen molar-refractivity contribution in [2.75, 3.05) is 0 Å². The maximum atomic E-state index is 8.30. The van der Waals surface area contributed by atoms with Crippen LogP contribution in [0, 0.1) is 0 Å². The van der Waals surface area contributed by atoms with Crippen molar-refractivity contribution in [3.8, 4) is 0 Å². The Morgan fingerprint density at radius 1 is 1.25 bits per heavy atom. The van der Waals surface area contributed by atoms with E-state index in [4.69, 9.17) is 3.25 Å². The first kappa shape index (κ1) is 16.2. The van der Waals surface area contributed by atoms with Crippen LogP contribution in [0.25, 0.3) is 0 Å². The molecule has 0 aliphatic carbocycles. The Bertz CT molecular complexity index is 8.00. The van der Waals surface area contributed by atoms with E-state index in [1.165, 1.54) is 0 Å². The summed E-state index contributed by atoms with van der Waals surface area (Å²) in [5.41, 5.74) is 0. The van der Waals surface area contributed by atoms with Crippen molar-refractivity contribution in [2.45, 2.75) is 0 Å². The normalized spacial score (nSPS) is 0.750. The van der Waals surface area contributed by atoms with E-state index in [0.29, 0.717) is 21.0 Å². The molecule has 0 saturated heterocycles. The molecule has 0 radical (unpaired) electrons. The fraction of sp³-hybridized carbons (Fsp3) is 0. The van der Waals surface area contributed by atoms with Gasteiger partial charge in [-0.25, -0.2) is 0 Å². The van der Waals surface area contributed by atoms with Gasteiger partial charge in [-0.3, -0.25) is 0 Å². The molecule has 0 spiro atoms. The molecule has 0 aromatic rings. The summed E-state index contributed by atoms with van der Waals surface area (Å²) < 4.78 is 8.30. The molecule has 0 heterocycles. The van der Waals surface area contributed by atoms with Crippen molar-refractivity contribution >= 4 is 55.1 Å². The predicted molar refractivity (Wildman–Crippen MR) is 19.2 cm³/mol. The monoisotopic (exact) mass is 181 g/mol. The average Bonchev–Trinajstić information content (AvgIpc) is 1.00. The first-order chi connectivity index (χ1) is 1.00. The minimum atomic E-state index is 0. The zero-order chi connectivity index (χ0) is 2.00. The molecule has 0 rings (SSSR count). The Morgan fingerprint density at radius 2 is 1.25 bits per heavy atom. The quantitative estimate of drug-likeness (QED) is 0.387. The van der Waals surface area contributed by atoms with E-state index in [1.54, 1.807) is 0 Å². The van der Waals surface area contributed by atoms with E-state index in [0.717, 1.165) is 0 Å². The van der Waals surface area contributed by atoms with Crippen LogP contribution < -0.4 is 0 Å². The van der Waals surface area contributed by atoms with Crippen molar-refractivity contribution in [3.05, 3.63) is 0 Å². The molecule has 4 heavy (non-hydrogen) atoms. The van der Waals surface area contributed by atoms with Crippen molar-refractivity contribution in [2.24, 2.45) is 0 Å². The molecule has 0 aromatic carbocycles. The molecule has 1 nitrogen and oxygen atoms in total. The van der Waals surface area contributed by atoms with Gasteiger partial charge in [0.2, 0.25) is 0 Å². The zero-order valence-electron chi connectivity index (χ0n) is 0.855. The molecular weight excluding hydrogens is 176 g/mol. The molecule has 4 heteroatoms. The van der Waals surface area contributed by atoms with Gasteiger partial charge in [0.25, 0.3) is 0 Å². The summed E-state index contributed by atoms with van der Waals surface area (Å²) in [6, 6.07) is 0. The van der Waals surface area contributed by atoms with Crippen LogP contribution in [-0.2, 0) is 24.3 Å². The second-order valence-corrected chi connectivity index (χ2v) is 0. The Balaban J connectivity index is -0.00000000500. The van der Waals surface area contributed by atoms with Crippen LogP contribution in [0.5, 0.6) is 0 Å². The van der Waals surface area contributed by atoms with E-state index in [1.807, 2.05) is 0 Å². The zero-order valence-corrected chi connectivity index (χ0v) is 3.05. The molecule has 0 N–H and O–H groups in total. The summed E-state index contributed by atoms with van der Waals surface area (Å²) in [7, 11) is 0. The van der Waals surface area contributed by atoms with E-state index < -0.39 is 0 Å². The first-order valence-electron chi connectivity index (χ1n) is 0.183. The van der Waals surface area contributed by atoms with Gasteiger partial charge in [0, 0.05) is 0 Å². The first-order valence-corrected chi connectivity index (χ1v) is 1.08. The molecular formula is H5AlCaNbO. The van der Waals surface area contributed by atoms with Crippen LogP contribution in [0.15, 0.2) is 0 Å². The van der Waals surface area contributed by atoms with Gasteiger partial charge in [-0.05, 0) is 0 Å². The number of hydrogen-bond acceptors (Lipinski definition) is 1. The van der Waals surface area contributed by atoms with E-state index >= 15 is 0 Å². The fourth-order valence-corrected chi connectivity index (χ4v) is 0. The topological polar surface area (TPSA) is 17.1 Å². The van der Waals surface area contributed by atoms with Crippen LogP contribution >= 0.6 is 0 Å². The summed E-state index contributed by atoms with van der Waals surface area (Å²) in [6.07, 6.45) is 0. The van der Waals surface area contributed by atoms with Gasteiger partial charge in [0.05, 0.1) is 0 Å². The van der Waals surface area contributed by atoms with Crippen molar-refractivity contribution in [3.63, 3.8) is 0 Å². The molecule has 0 unspecified atom stereocenters. The van der Waals surface area contributed by atoms with Crippen molar-refractivity contribution in [1.29, 1.82) is 0 Å². The van der Waals surface area contributed by atoms with Crippen LogP contribution in [0.3, 0.4) is 0 Å². The van der Waals surface area contributed by atoms with Crippen molar-refractivity contribution in [1.82, 2.24) is 0 Å². The summed E-state index contributed by atoms with van der Waals surface area (Å²) in [4.78, 5) is 0. The van der Waals surface area contributed by atoms with Crippen LogP contribution in [0.2, 0.25) is 0 Å². The predicted octanol–water partition coefficient (Wildman–Crippen LogP) is -2.22. The molecule has 0 atom stereocenters. The molecule has 0 aliphatic rings. The second kappa shape index (κ2) is 18.4. The average molecular weight is 181 g/mol. The fourth-order valence-electron chi connectivity index (χ4n) is 0. The molecule has 0 bridgehead atoms. The maximum absolute atomic E-state index is 8.30. The van der Waals surface area contributed by atoms with E-state index in [9.17, 15) is 0 Å². The summed E-state index contributed by atoms with van der Waals surface area (Å²) in [6.45, 7) is 0. The molecule has 0 aromatic heterocycles. The standard InChI is InChI=1S/Al.Ca.Nb.O.5H. The molecule has 0 fully saturated rings. The third-order valence-electron chi connectivity index (χ3n) is 0. The minimum absolute atomic E-state index is 0. The molecule has 0 amide bonds. The van der Waals surface area contributed by atoms with Gasteiger partial charge in [0.1, 0.15) is 0 Å². The Morgan fingerprint density at radius 3 is 1.25 bits per heavy atom. The van der Waals surface area contributed by atoms with Gasteiger partial charge >= 0.3 is 62.0 Å². The molecule has 21 valence electrons.